The number of nitrogens with one attached hydrogen (secondary N) is 1. The molecule has 2 aromatic carbocycles. The van der Waals surface area contributed by atoms with E-state index in [1.54, 1.807) is 7.11 Å². The number of fused-ring (bicyclic) bond motifs is 1. The molecule has 2 nitrogen and oxygen atoms in total. The minimum atomic E-state index is 0.387. The molecular formula is C20H25NO. The Morgan fingerprint density at radius 3 is 2.68 bits per heavy atom. The van der Waals surface area contributed by atoms with Crippen molar-refractivity contribution in [3.8, 4) is 5.75 Å². The molecule has 0 aliphatic heterocycles. The molecule has 2 aromatic rings. The number of methoxy groups -OCH3 is 1. The summed E-state index contributed by atoms with van der Waals surface area (Å²) in [6, 6.07) is 18.1. The molecule has 2 heteroatoms. The normalized spacial score (nSPS) is 19.1. The summed E-state index contributed by atoms with van der Waals surface area (Å²) in [5.74, 6) is 0.968. The van der Waals surface area contributed by atoms with Crippen molar-refractivity contribution in [2.45, 2.75) is 44.7 Å². The van der Waals surface area contributed by atoms with Gasteiger partial charge in [0.15, 0.2) is 0 Å². The molecule has 0 saturated carbocycles. The Morgan fingerprint density at radius 1 is 1.09 bits per heavy atom. The molecule has 1 aliphatic rings. The number of rotatable bonds is 4. The summed E-state index contributed by atoms with van der Waals surface area (Å²) >= 11 is 0. The van der Waals surface area contributed by atoms with E-state index >= 15 is 0 Å². The molecule has 1 N–H and O–H groups in total. The van der Waals surface area contributed by atoms with Crippen LogP contribution in [0, 0.1) is 0 Å². The molecule has 1 unspecified atom stereocenters. The van der Waals surface area contributed by atoms with Crippen LogP contribution in [0.15, 0.2) is 48.5 Å². The maximum Gasteiger partial charge on any atom is 0.119 e. The lowest BCUT2D eigenvalue weighted by Gasteiger charge is -2.23. The second-order valence-corrected chi connectivity index (χ2v) is 6.23. The van der Waals surface area contributed by atoms with E-state index in [0.29, 0.717) is 12.1 Å². The lowest BCUT2D eigenvalue weighted by molar-refractivity contribution is 0.412. The monoisotopic (exact) mass is 295 g/mol. The highest BCUT2D eigenvalue weighted by Crippen LogP contribution is 2.26. The van der Waals surface area contributed by atoms with Gasteiger partial charge in [-0.05, 0) is 61.4 Å². The van der Waals surface area contributed by atoms with Crippen LogP contribution in [0.1, 0.15) is 42.5 Å². The molecule has 1 aliphatic carbocycles. The maximum atomic E-state index is 5.39. The number of ether oxygens (including phenoxy) is 1. The van der Waals surface area contributed by atoms with Crippen LogP contribution in [-0.2, 0) is 12.8 Å². The van der Waals surface area contributed by atoms with E-state index in [1.807, 2.05) is 0 Å². The van der Waals surface area contributed by atoms with Crippen molar-refractivity contribution in [2.24, 2.45) is 0 Å². The molecular weight excluding hydrogens is 270 g/mol. The van der Waals surface area contributed by atoms with Crippen molar-refractivity contribution in [1.29, 1.82) is 0 Å². The van der Waals surface area contributed by atoms with Crippen LogP contribution in [0.3, 0.4) is 0 Å². The first-order valence-corrected chi connectivity index (χ1v) is 8.23. The van der Waals surface area contributed by atoms with E-state index in [2.05, 4.69) is 60.8 Å². The topological polar surface area (TPSA) is 21.3 Å². The number of hydrogen-bond donors (Lipinski definition) is 1. The number of benzene rings is 2. The molecule has 116 valence electrons. The molecule has 0 aromatic heterocycles. The molecule has 0 saturated heterocycles. The third kappa shape index (κ3) is 3.50. The van der Waals surface area contributed by atoms with E-state index in [-0.39, 0.29) is 0 Å². The van der Waals surface area contributed by atoms with Crippen LogP contribution < -0.4 is 10.1 Å². The molecule has 0 spiro atoms. The summed E-state index contributed by atoms with van der Waals surface area (Å²) in [5, 5.41) is 3.81. The summed E-state index contributed by atoms with van der Waals surface area (Å²) in [5.41, 5.74) is 4.28. The molecule has 3 rings (SSSR count). The molecule has 0 fully saturated rings. The number of aryl methyl sites for hydroxylation is 1. The third-order valence-electron chi connectivity index (χ3n) is 4.66. The first-order chi connectivity index (χ1) is 10.8. The minimum absolute atomic E-state index is 0.387. The van der Waals surface area contributed by atoms with Gasteiger partial charge in [0, 0.05) is 12.1 Å². The van der Waals surface area contributed by atoms with E-state index in [9.17, 15) is 0 Å². The molecule has 22 heavy (non-hydrogen) atoms. The van der Waals surface area contributed by atoms with Gasteiger partial charge in [0.2, 0.25) is 0 Å². The Bertz CT molecular complexity index is 608. The van der Waals surface area contributed by atoms with Crippen molar-refractivity contribution < 1.29 is 4.74 Å². The highest BCUT2D eigenvalue weighted by Gasteiger charge is 2.19. The zero-order valence-corrected chi connectivity index (χ0v) is 13.5. The van der Waals surface area contributed by atoms with E-state index in [1.165, 1.54) is 36.0 Å². The second kappa shape index (κ2) is 6.97. The van der Waals surface area contributed by atoms with Gasteiger partial charge in [-0.3, -0.25) is 0 Å². The molecule has 0 amide bonds. The average Bonchev–Trinajstić information content (AvgIpc) is 2.76. The van der Waals surface area contributed by atoms with Crippen molar-refractivity contribution >= 4 is 0 Å². The van der Waals surface area contributed by atoms with Gasteiger partial charge in [-0.2, -0.15) is 0 Å². The third-order valence-corrected chi connectivity index (χ3v) is 4.66. The standard InChI is InChI=1S/C20H25NO/c1-15(16-7-4-3-5-8-16)21-19-10-6-9-17-11-12-20(22-2)14-18(17)13-19/h3-5,7-8,11-12,14-15,19,21H,6,9-10,13H2,1-2H3/t15-,19?/m1/s1. The molecule has 0 bridgehead atoms. The SMILES string of the molecule is COc1ccc2c(c1)CC(N[C@H](C)c1ccccc1)CCC2. The first kappa shape index (κ1) is 15.1. The van der Waals surface area contributed by atoms with Gasteiger partial charge in [-0.1, -0.05) is 36.4 Å². The predicted octanol–water partition coefficient (Wildman–Crippen LogP) is 4.29. The fourth-order valence-corrected chi connectivity index (χ4v) is 3.40. The van der Waals surface area contributed by atoms with Crippen LogP contribution in [0.2, 0.25) is 0 Å². The Kier molecular flexibility index (Phi) is 4.79. The minimum Gasteiger partial charge on any atom is -0.497 e. The predicted molar refractivity (Wildman–Crippen MR) is 91.4 cm³/mol. The Hall–Kier alpha value is -1.80. The van der Waals surface area contributed by atoms with Crippen LogP contribution in [0.4, 0.5) is 0 Å². The van der Waals surface area contributed by atoms with E-state index < -0.39 is 0 Å². The highest BCUT2D eigenvalue weighted by molar-refractivity contribution is 5.37. The van der Waals surface area contributed by atoms with E-state index in [0.717, 1.165) is 12.2 Å². The van der Waals surface area contributed by atoms with Crippen LogP contribution >= 0.6 is 0 Å². The van der Waals surface area contributed by atoms with Crippen molar-refractivity contribution in [3.05, 3.63) is 65.2 Å². The first-order valence-electron chi connectivity index (χ1n) is 8.23. The second-order valence-electron chi connectivity index (χ2n) is 6.23. The Morgan fingerprint density at radius 2 is 1.91 bits per heavy atom. The zero-order valence-electron chi connectivity index (χ0n) is 13.5. The van der Waals surface area contributed by atoms with Crippen LogP contribution in [0.25, 0.3) is 0 Å². The van der Waals surface area contributed by atoms with Crippen LogP contribution in [0.5, 0.6) is 5.75 Å². The Labute approximate surface area is 133 Å². The van der Waals surface area contributed by atoms with Crippen molar-refractivity contribution in [2.75, 3.05) is 7.11 Å². The lowest BCUT2D eigenvalue weighted by atomic mass is 10.00. The zero-order chi connectivity index (χ0) is 15.4. The summed E-state index contributed by atoms with van der Waals surface area (Å²) in [6.07, 6.45) is 4.74. The van der Waals surface area contributed by atoms with Crippen molar-refractivity contribution in [3.63, 3.8) is 0 Å². The smallest absolute Gasteiger partial charge is 0.119 e. The van der Waals surface area contributed by atoms with Gasteiger partial charge in [-0.25, -0.2) is 0 Å². The van der Waals surface area contributed by atoms with Gasteiger partial charge >= 0.3 is 0 Å². The molecule has 0 heterocycles. The quantitative estimate of drug-likeness (QED) is 0.849. The summed E-state index contributed by atoms with van der Waals surface area (Å²) in [6.45, 7) is 2.26. The molecule has 2 atom stereocenters. The largest absolute Gasteiger partial charge is 0.497 e. The van der Waals surface area contributed by atoms with Gasteiger partial charge in [0.05, 0.1) is 7.11 Å². The highest BCUT2D eigenvalue weighted by atomic mass is 16.5. The summed E-state index contributed by atoms with van der Waals surface area (Å²) in [4.78, 5) is 0. The van der Waals surface area contributed by atoms with Crippen molar-refractivity contribution in [1.82, 2.24) is 5.32 Å². The Balaban J connectivity index is 1.72. The fraction of sp³-hybridized carbons (Fsp3) is 0.400. The van der Waals surface area contributed by atoms with Gasteiger partial charge in [0.1, 0.15) is 5.75 Å². The van der Waals surface area contributed by atoms with Gasteiger partial charge in [0.25, 0.3) is 0 Å². The summed E-state index contributed by atoms with van der Waals surface area (Å²) in [7, 11) is 1.74. The van der Waals surface area contributed by atoms with Gasteiger partial charge in [-0.15, -0.1) is 0 Å². The lowest BCUT2D eigenvalue weighted by Crippen LogP contribution is -2.33. The fourth-order valence-electron chi connectivity index (χ4n) is 3.40. The molecule has 0 radical (unpaired) electrons. The van der Waals surface area contributed by atoms with Crippen LogP contribution in [-0.4, -0.2) is 13.2 Å². The maximum absolute atomic E-state index is 5.39. The van der Waals surface area contributed by atoms with Gasteiger partial charge < -0.3 is 10.1 Å². The average molecular weight is 295 g/mol. The number of hydrogen-bond acceptors (Lipinski definition) is 2. The van der Waals surface area contributed by atoms with E-state index in [4.69, 9.17) is 4.74 Å². The summed E-state index contributed by atoms with van der Waals surface area (Å²) < 4.78 is 5.39.